The van der Waals surface area contributed by atoms with Crippen molar-refractivity contribution < 1.29 is 35.6 Å². The zero-order valence-corrected chi connectivity index (χ0v) is 21.5. The maximum Gasteiger partial charge on any atom is 0.416 e. The van der Waals surface area contributed by atoms with Gasteiger partial charge in [0, 0.05) is 12.6 Å². The third-order valence-electron chi connectivity index (χ3n) is 5.09. The van der Waals surface area contributed by atoms with Crippen LogP contribution in [0.15, 0.2) is 42.5 Å². The second-order valence-electron chi connectivity index (χ2n) is 8.42. The SMILES string of the molecule is CC(C)NC(=O)C(C)N(Cc1ccc(F)cc1)C(=O)CN(c1cc(C(F)(F)F)ccc1Cl)S(C)(=O)=O. The Morgan fingerprint density at radius 1 is 1.06 bits per heavy atom. The van der Waals surface area contributed by atoms with Gasteiger partial charge in [0.15, 0.2) is 0 Å². The average molecular weight is 552 g/mol. The second kappa shape index (κ2) is 11.5. The van der Waals surface area contributed by atoms with Gasteiger partial charge in [-0.1, -0.05) is 23.7 Å². The fourth-order valence-electron chi connectivity index (χ4n) is 3.25. The van der Waals surface area contributed by atoms with Gasteiger partial charge < -0.3 is 10.2 Å². The first-order chi connectivity index (χ1) is 16.5. The number of halogens is 5. The van der Waals surface area contributed by atoms with Crippen molar-refractivity contribution in [2.75, 3.05) is 17.1 Å². The summed E-state index contributed by atoms with van der Waals surface area (Å²) >= 11 is 6.03. The normalized spacial score (nSPS) is 12.8. The number of alkyl halides is 3. The number of rotatable bonds is 9. The molecule has 0 radical (unpaired) electrons. The third-order valence-corrected chi connectivity index (χ3v) is 6.53. The molecule has 2 amide bonds. The molecule has 2 aromatic rings. The first kappa shape index (κ1) is 29.4. The molecule has 2 aromatic carbocycles. The first-order valence-corrected chi connectivity index (χ1v) is 12.9. The molecule has 0 saturated heterocycles. The molecule has 0 bridgehead atoms. The number of carbonyl (C=O) groups excluding carboxylic acids is 2. The minimum Gasteiger partial charge on any atom is -0.352 e. The standard InChI is InChI=1S/C23H26ClF4N3O4S/c1-14(2)29-22(33)15(3)30(12-16-5-8-18(25)9-6-16)21(32)13-31(36(4,34)35)20-11-17(23(26,27)28)7-10-19(20)24/h5-11,14-15H,12-13H2,1-4H3,(H,29,33). The summed E-state index contributed by atoms with van der Waals surface area (Å²) in [6, 6.07) is 5.84. The van der Waals surface area contributed by atoms with Crippen molar-refractivity contribution in [2.24, 2.45) is 0 Å². The predicted molar refractivity (Wildman–Crippen MR) is 128 cm³/mol. The predicted octanol–water partition coefficient (Wildman–Crippen LogP) is 4.21. The van der Waals surface area contributed by atoms with E-state index in [9.17, 15) is 35.6 Å². The molecule has 0 aliphatic heterocycles. The number of sulfonamides is 1. The van der Waals surface area contributed by atoms with E-state index in [0.29, 0.717) is 22.0 Å². The fraction of sp³-hybridized carbons (Fsp3) is 0.391. The van der Waals surface area contributed by atoms with E-state index in [0.717, 1.165) is 29.4 Å². The lowest BCUT2D eigenvalue weighted by atomic mass is 10.1. The van der Waals surface area contributed by atoms with E-state index in [1.54, 1.807) is 13.8 Å². The number of carbonyl (C=O) groups is 2. The summed E-state index contributed by atoms with van der Waals surface area (Å²) < 4.78 is 78.7. The van der Waals surface area contributed by atoms with Crippen molar-refractivity contribution in [1.82, 2.24) is 10.2 Å². The van der Waals surface area contributed by atoms with E-state index in [1.165, 1.54) is 19.1 Å². The van der Waals surface area contributed by atoms with Crippen LogP contribution in [0.5, 0.6) is 0 Å². The molecule has 7 nitrogen and oxygen atoms in total. The summed E-state index contributed by atoms with van der Waals surface area (Å²) in [5, 5.41) is 2.33. The average Bonchev–Trinajstić information content (AvgIpc) is 2.75. The van der Waals surface area contributed by atoms with Gasteiger partial charge >= 0.3 is 6.18 Å². The molecule has 0 saturated carbocycles. The van der Waals surface area contributed by atoms with E-state index in [2.05, 4.69) is 5.32 Å². The fourth-order valence-corrected chi connectivity index (χ4v) is 4.37. The highest BCUT2D eigenvalue weighted by molar-refractivity contribution is 7.92. The Hall–Kier alpha value is -2.86. The van der Waals surface area contributed by atoms with E-state index in [1.807, 2.05) is 0 Å². The van der Waals surface area contributed by atoms with Gasteiger partial charge in [0.05, 0.1) is 22.5 Å². The first-order valence-electron chi connectivity index (χ1n) is 10.7. The molecule has 1 N–H and O–H groups in total. The molecule has 13 heteroatoms. The van der Waals surface area contributed by atoms with Crippen LogP contribution >= 0.6 is 11.6 Å². The molecule has 0 spiro atoms. The van der Waals surface area contributed by atoms with Crippen molar-refractivity contribution in [1.29, 1.82) is 0 Å². The van der Waals surface area contributed by atoms with E-state index >= 15 is 0 Å². The van der Waals surface area contributed by atoms with Gasteiger partial charge in [-0.15, -0.1) is 0 Å². The maximum absolute atomic E-state index is 13.4. The number of nitrogens with one attached hydrogen (secondary N) is 1. The van der Waals surface area contributed by atoms with Gasteiger partial charge in [-0.3, -0.25) is 13.9 Å². The van der Waals surface area contributed by atoms with Crippen LogP contribution in [0, 0.1) is 5.82 Å². The zero-order valence-electron chi connectivity index (χ0n) is 19.9. The van der Waals surface area contributed by atoms with Crippen molar-refractivity contribution in [3.8, 4) is 0 Å². The maximum atomic E-state index is 13.4. The van der Waals surface area contributed by atoms with E-state index < -0.39 is 57.7 Å². The minimum atomic E-state index is -4.79. The number of nitrogens with zero attached hydrogens (tertiary/aromatic N) is 2. The van der Waals surface area contributed by atoms with Crippen LogP contribution < -0.4 is 9.62 Å². The van der Waals surface area contributed by atoms with Crippen LogP contribution in [0.1, 0.15) is 31.9 Å². The molecule has 0 aromatic heterocycles. The molecular formula is C23H26ClF4N3O4S. The number of anilines is 1. The Labute approximate surface area is 212 Å². The highest BCUT2D eigenvalue weighted by Gasteiger charge is 2.34. The van der Waals surface area contributed by atoms with Crippen LogP contribution in [0.2, 0.25) is 5.02 Å². The Morgan fingerprint density at radius 2 is 1.64 bits per heavy atom. The highest BCUT2D eigenvalue weighted by atomic mass is 35.5. The number of hydrogen-bond acceptors (Lipinski definition) is 4. The molecule has 1 unspecified atom stereocenters. The van der Waals surface area contributed by atoms with Crippen molar-refractivity contribution in [3.05, 3.63) is 64.4 Å². The van der Waals surface area contributed by atoms with Crippen LogP contribution in [-0.2, 0) is 32.3 Å². The lowest BCUT2D eigenvalue weighted by molar-refractivity contribution is -0.139. The van der Waals surface area contributed by atoms with Gasteiger partial charge in [0.25, 0.3) is 0 Å². The second-order valence-corrected chi connectivity index (χ2v) is 10.7. The summed E-state index contributed by atoms with van der Waals surface area (Å²) in [5.74, 6) is -1.95. The Balaban J connectivity index is 2.49. The van der Waals surface area contributed by atoms with E-state index in [-0.39, 0.29) is 17.6 Å². The Morgan fingerprint density at radius 3 is 2.14 bits per heavy atom. The molecule has 0 heterocycles. The van der Waals surface area contributed by atoms with Gasteiger partial charge in [-0.2, -0.15) is 13.2 Å². The zero-order chi connectivity index (χ0) is 27.4. The molecule has 0 aliphatic carbocycles. The number of hydrogen-bond donors (Lipinski definition) is 1. The van der Waals surface area contributed by atoms with Gasteiger partial charge in [0.2, 0.25) is 21.8 Å². The van der Waals surface area contributed by atoms with Crippen molar-refractivity contribution in [2.45, 2.75) is 45.6 Å². The molecule has 0 fully saturated rings. The van der Waals surface area contributed by atoms with Crippen LogP contribution in [0.3, 0.4) is 0 Å². The van der Waals surface area contributed by atoms with Gasteiger partial charge in [0.1, 0.15) is 18.4 Å². The van der Waals surface area contributed by atoms with Crippen molar-refractivity contribution >= 4 is 39.1 Å². The summed E-state index contributed by atoms with van der Waals surface area (Å²) in [7, 11) is -4.29. The lowest BCUT2D eigenvalue weighted by Gasteiger charge is -2.32. The summed E-state index contributed by atoms with van der Waals surface area (Å²) in [5.41, 5.74) is -1.25. The molecule has 1 atom stereocenters. The highest BCUT2D eigenvalue weighted by Crippen LogP contribution is 2.36. The van der Waals surface area contributed by atoms with E-state index in [4.69, 9.17) is 11.6 Å². The van der Waals surface area contributed by atoms with Gasteiger partial charge in [-0.25, -0.2) is 12.8 Å². The topological polar surface area (TPSA) is 86.8 Å². The Bertz CT molecular complexity index is 1200. The van der Waals surface area contributed by atoms with Crippen LogP contribution in [-0.4, -0.2) is 50.0 Å². The lowest BCUT2D eigenvalue weighted by Crippen LogP contribution is -2.52. The summed E-state index contributed by atoms with van der Waals surface area (Å²) in [4.78, 5) is 27.1. The molecule has 2 rings (SSSR count). The number of benzene rings is 2. The molecule has 198 valence electrons. The summed E-state index contributed by atoms with van der Waals surface area (Å²) in [6.45, 7) is 3.71. The van der Waals surface area contributed by atoms with Crippen LogP contribution in [0.4, 0.5) is 23.2 Å². The van der Waals surface area contributed by atoms with Gasteiger partial charge in [-0.05, 0) is 56.7 Å². The number of amides is 2. The molecule has 0 aliphatic rings. The smallest absolute Gasteiger partial charge is 0.352 e. The third kappa shape index (κ3) is 7.82. The largest absolute Gasteiger partial charge is 0.416 e. The summed E-state index contributed by atoms with van der Waals surface area (Å²) in [6.07, 6.45) is -4.07. The quantitative estimate of drug-likeness (QED) is 0.473. The molecular weight excluding hydrogens is 526 g/mol. The minimum absolute atomic E-state index is 0.195. The van der Waals surface area contributed by atoms with Crippen molar-refractivity contribution in [3.63, 3.8) is 0 Å². The Kier molecular flexibility index (Phi) is 9.35. The monoisotopic (exact) mass is 551 g/mol. The molecule has 36 heavy (non-hydrogen) atoms. The van der Waals surface area contributed by atoms with Crippen LogP contribution in [0.25, 0.3) is 0 Å².